The second-order valence-electron chi connectivity index (χ2n) is 4.07. The first-order valence-corrected chi connectivity index (χ1v) is 6.48. The highest BCUT2D eigenvalue weighted by Crippen LogP contribution is 2.27. The van der Waals surface area contributed by atoms with Crippen LogP contribution < -0.4 is 10.1 Å². The Labute approximate surface area is 122 Å². The first kappa shape index (κ1) is 16.1. The highest BCUT2D eigenvalue weighted by atomic mass is 35.5. The van der Waals surface area contributed by atoms with Gasteiger partial charge in [0, 0.05) is 19.3 Å². The maximum Gasteiger partial charge on any atom is 0.321 e. The number of carbonyl (C=O) groups is 2. The van der Waals surface area contributed by atoms with Gasteiger partial charge in [0.05, 0.1) is 18.1 Å². The van der Waals surface area contributed by atoms with E-state index in [0.29, 0.717) is 23.1 Å². The predicted molar refractivity (Wildman–Crippen MR) is 76.5 cm³/mol. The van der Waals surface area contributed by atoms with Gasteiger partial charge < -0.3 is 20.1 Å². The second-order valence-corrected chi connectivity index (χ2v) is 4.48. The largest absolute Gasteiger partial charge is 0.492 e. The molecule has 1 rings (SSSR count). The van der Waals surface area contributed by atoms with Crippen LogP contribution in [-0.4, -0.2) is 42.2 Å². The minimum Gasteiger partial charge on any atom is -0.492 e. The Bertz CT molecular complexity index is 493. The number of aliphatic carboxylic acids is 1. The SMILES string of the molecule is CCOc1ccc(NC(=O)N(C)CCC(=O)O)cc1Cl. The Morgan fingerprint density at radius 2 is 2.15 bits per heavy atom. The molecule has 2 amide bonds. The molecule has 0 aliphatic heterocycles. The van der Waals surface area contributed by atoms with Crippen molar-refractivity contribution in [2.45, 2.75) is 13.3 Å². The summed E-state index contributed by atoms with van der Waals surface area (Å²) in [5.74, 6) is -0.403. The summed E-state index contributed by atoms with van der Waals surface area (Å²) in [5.41, 5.74) is 0.519. The molecule has 0 aliphatic rings. The number of amides is 2. The molecule has 0 saturated heterocycles. The summed E-state index contributed by atoms with van der Waals surface area (Å²) >= 11 is 6.01. The molecule has 20 heavy (non-hydrogen) atoms. The number of urea groups is 1. The van der Waals surface area contributed by atoms with E-state index in [0.717, 1.165) is 0 Å². The summed E-state index contributed by atoms with van der Waals surface area (Å²) < 4.78 is 5.29. The minimum atomic E-state index is -0.950. The van der Waals surface area contributed by atoms with E-state index in [2.05, 4.69) is 5.32 Å². The lowest BCUT2D eigenvalue weighted by molar-refractivity contribution is -0.137. The van der Waals surface area contributed by atoms with Gasteiger partial charge in [0.2, 0.25) is 0 Å². The van der Waals surface area contributed by atoms with Crippen LogP contribution in [-0.2, 0) is 4.79 Å². The average molecular weight is 301 g/mol. The molecule has 0 saturated carbocycles. The van der Waals surface area contributed by atoms with Gasteiger partial charge in [-0.15, -0.1) is 0 Å². The molecule has 0 fully saturated rings. The van der Waals surface area contributed by atoms with Crippen LogP contribution in [0.1, 0.15) is 13.3 Å². The smallest absolute Gasteiger partial charge is 0.321 e. The molecule has 1 aromatic rings. The van der Waals surface area contributed by atoms with Crippen LogP contribution in [0.15, 0.2) is 18.2 Å². The van der Waals surface area contributed by atoms with E-state index in [9.17, 15) is 9.59 Å². The van der Waals surface area contributed by atoms with E-state index in [4.69, 9.17) is 21.4 Å². The zero-order chi connectivity index (χ0) is 15.1. The maximum atomic E-state index is 11.8. The van der Waals surface area contributed by atoms with Crippen LogP contribution >= 0.6 is 11.6 Å². The first-order valence-electron chi connectivity index (χ1n) is 6.10. The van der Waals surface area contributed by atoms with Gasteiger partial charge in [0.15, 0.2) is 0 Å². The Hall–Kier alpha value is -1.95. The predicted octanol–water partition coefficient (Wildman–Crippen LogP) is 2.68. The van der Waals surface area contributed by atoms with Crippen LogP contribution in [0.4, 0.5) is 10.5 Å². The van der Waals surface area contributed by atoms with Crippen molar-refractivity contribution in [1.82, 2.24) is 4.90 Å². The Morgan fingerprint density at radius 1 is 1.45 bits per heavy atom. The second kappa shape index (κ2) is 7.59. The molecular weight excluding hydrogens is 284 g/mol. The minimum absolute atomic E-state index is 0.103. The van der Waals surface area contributed by atoms with Crippen molar-refractivity contribution >= 4 is 29.3 Å². The van der Waals surface area contributed by atoms with Crippen LogP contribution in [0, 0.1) is 0 Å². The number of hydrogen-bond acceptors (Lipinski definition) is 3. The fourth-order valence-corrected chi connectivity index (χ4v) is 1.67. The van der Waals surface area contributed by atoms with E-state index < -0.39 is 12.0 Å². The van der Waals surface area contributed by atoms with Crippen molar-refractivity contribution in [3.63, 3.8) is 0 Å². The molecule has 110 valence electrons. The molecule has 0 aliphatic carbocycles. The molecule has 0 atom stereocenters. The van der Waals surface area contributed by atoms with Crippen LogP contribution in [0.2, 0.25) is 5.02 Å². The lowest BCUT2D eigenvalue weighted by Gasteiger charge is -2.17. The number of ether oxygens (including phenoxy) is 1. The van der Waals surface area contributed by atoms with Gasteiger partial charge in [-0.05, 0) is 25.1 Å². The first-order chi connectivity index (χ1) is 9.43. The highest BCUT2D eigenvalue weighted by Gasteiger charge is 2.11. The number of carboxylic acid groups (broad SMARTS) is 1. The van der Waals surface area contributed by atoms with E-state index >= 15 is 0 Å². The van der Waals surface area contributed by atoms with Gasteiger partial charge >= 0.3 is 12.0 Å². The number of halogens is 1. The third-order valence-electron chi connectivity index (χ3n) is 2.49. The molecule has 0 unspecified atom stereocenters. The molecular formula is C13H17ClN2O4. The number of nitrogens with one attached hydrogen (secondary N) is 1. The van der Waals surface area contributed by atoms with Gasteiger partial charge in [-0.25, -0.2) is 4.79 Å². The normalized spacial score (nSPS) is 9.95. The summed E-state index contributed by atoms with van der Waals surface area (Å²) in [7, 11) is 1.52. The quantitative estimate of drug-likeness (QED) is 0.846. The zero-order valence-electron chi connectivity index (χ0n) is 11.4. The Kier molecular flexibility index (Phi) is 6.11. The van der Waals surface area contributed by atoms with Crippen molar-refractivity contribution < 1.29 is 19.4 Å². The molecule has 0 heterocycles. The Morgan fingerprint density at radius 3 is 2.70 bits per heavy atom. The van der Waals surface area contributed by atoms with E-state index in [1.54, 1.807) is 18.2 Å². The van der Waals surface area contributed by atoms with Crippen molar-refractivity contribution in [1.29, 1.82) is 0 Å². The number of nitrogens with zero attached hydrogens (tertiary/aromatic N) is 1. The summed E-state index contributed by atoms with van der Waals surface area (Å²) in [6.45, 7) is 2.48. The Balaban J connectivity index is 2.61. The van der Waals surface area contributed by atoms with Crippen LogP contribution in [0.25, 0.3) is 0 Å². The van der Waals surface area contributed by atoms with Gasteiger partial charge in [-0.2, -0.15) is 0 Å². The van der Waals surface area contributed by atoms with E-state index in [1.165, 1.54) is 11.9 Å². The fraction of sp³-hybridized carbons (Fsp3) is 0.385. The number of anilines is 1. The van der Waals surface area contributed by atoms with Crippen LogP contribution in [0.5, 0.6) is 5.75 Å². The number of benzene rings is 1. The molecule has 2 N–H and O–H groups in total. The van der Waals surface area contributed by atoms with Crippen molar-refractivity contribution in [3.05, 3.63) is 23.2 Å². The van der Waals surface area contributed by atoms with E-state index in [-0.39, 0.29) is 13.0 Å². The third-order valence-corrected chi connectivity index (χ3v) is 2.79. The summed E-state index contributed by atoms with van der Waals surface area (Å²) in [4.78, 5) is 23.5. The molecule has 0 bridgehead atoms. The highest BCUT2D eigenvalue weighted by molar-refractivity contribution is 6.32. The van der Waals surface area contributed by atoms with Gasteiger partial charge in [-0.3, -0.25) is 4.79 Å². The van der Waals surface area contributed by atoms with Crippen molar-refractivity contribution in [2.24, 2.45) is 0 Å². The number of carbonyl (C=O) groups excluding carboxylic acids is 1. The number of hydrogen-bond donors (Lipinski definition) is 2. The molecule has 7 heteroatoms. The van der Waals surface area contributed by atoms with Gasteiger partial charge in [0.25, 0.3) is 0 Å². The summed E-state index contributed by atoms with van der Waals surface area (Å²) in [5, 5.41) is 11.6. The van der Waals surface area contributed by atoms with Gasteiger partial charge in [-0.1, -0.05) is 11.6 Å². The monoisotopic (exact) mass is 300 g/mol. The molecule has 1 aromatic carbocycles. The van der Waals surface area contributed by atoms with Crippen molar-refractivity contribution in [3.8, 4) is 5.75 Å². The maximum absolute atomic E-state index is 11.8. The lowest BCUT2D eigenvalue weighted by atomic mass is 10.3. The fourth-order valence-electron chi connectivity index (χ4n) is 1.43. The number of rotatable bonds is 6. The lowest BCUT2D eigenvalue weighted by Crippen LogP contribution is -2.33. The van der Waals surface area contributed by atoms with Crippen LogP contribution in [0.3, 0.4) is 0 Å². The molecule has 0 radical (unpaired) electrons. The molecule has 6 nitrogen and oxygen atoms in total. The topological polar surface area (TPSA) is 78.9 Å². The van der Waals surface area contributed by atoms with Gasteiger partial charge in [0.1, 0.15) is 5.75 Å². The standard InChI is InChI=1S/C13H17ClN2O4/c1-3-20-11-5-4-9(8-10(11)14)15-13(19)16(2)7-6-12(17)18/h4-5,8H,3,6-7H2,1-2H3,(H,15,19)(H,17,18). The van der Waals surface area contributed by atoms with E-state index in [1.807, 2.05) is 6.92 Å². The molecule has 0 spiro atoms. The zero-order valence-corrected chi connectivity index (χ0v) is 12.1. The summed E-state index contributed by atoms with van der Waals surface area (Å²) in [6.07, 6.45) is -0.103. The molecule has 0 aromatic heterocycles. The van der Waals surface area contributed by atoms with Crippen molar-refractivity contribution in [2.75, 3.05) is 25.5 Å². The number of carboxylic acids is 1. The summed E-state index contributed by atoms with van der Waals surface area (Å²) in [6, 6.07) is 4.51. The average Bonchev–Trinajstić information content (AvgIpc) is 2.39. The third kappa shape index (κ3) is 4.97.